The molecular formula is C18H24N6O2S. The van der Waals surface area contributed by atoms with E-state index in [9.17, 15) is 9.59 Å². The van der Waals surface area contributed by atoms with Crippen LogP contribution in [0, 0.1) is 0 Å². The number of rotatable bonds is 6. The minimum absolute atomic E-state index is 0.204. The highest BCUT2D eigenvalue weighted by Crippen LogP contribution is 2.35. The lowest BCUT2D eigenvalue weighted by Crippen LogP contribution is -2.32. The number of thiazole rings is 1. The molecule has 1 N–H and O–H groups in total. The van der Waals surface area contributed by atoms with Gasteiger partial charge < -0.3 is 5.32 Å². The van der Waals surface area contributed by atoms with Crippen molar-refractivity contribution < 1.29 is 9.59 Å². The van der Waals surface area contributed by atoms with Crippen molar-refractivity contribution in [2.45, 2.75) is 70.5 Å². The molecule has 9 heteroatoms. The van der Waals surface area contributed by atoms with Crippen molar-refractivity contribution >= 4 is 23.3 Å². The van der Waals surface area contributed by atoms with Gasteiger partial charge in [-0.3, -0.25) is 9.69 Å². The lowest BCUT2D eigenvalue weighted by atomic mass is 10.1. The second kappa shape index (κ2) is 7.38. The Kier molecular flexibility index (Phi) is 4.94. The van der Waals surface area contributed by atoms with Crippen LogP contribution in [0.1, 0.15) is 67.9 Å². The molecule has 1 saturated heterocycles. The zero-order chi connectivity index (χ0) is 19.0. The summed E-state index contributed by atoms with van der Waals surface area (Å²) < 4.78 is 1.74. The fraction of sp³-hybridized carbons (Fsp3) is 0.611. The molecule has 3 heterocycles. The maximum Gasteiger partial charge on any atom is 0.325 e. The SMILES string of the molecule is CC(C)n1cc(C[C@H]2NC(=O)N(Cc3csc(C4CCCC4)n3)C2=O)nn1. The molecule has 8 nitrogen and oxygen atoms in total. The van der Waals surface area contributed by atoms with Gasteiger partial charge in [0.15, 0.2) is 0 Å². The molecule has 2 aromatic rings. The summed E-state index contributed by atoms with van der Waals surface area (Å²) >= 11 is 1.64. The molecule has 0 spiro atoms. The monoisotopic (exact) mass is 388 g/mol. The maximum atomic E-state index is 12.7. The van der Waals surface area contributed by atoms with Gasteiger partial charge >= 0.3 is 6.03 Å². The number of hydrogen-bond donors (Lipinski definition) is 1. The zero-order valence-electron chi connectivity index (χ0n) is 15.6. The van der Waals surface area contributed by atoms with Crippen LogP contribution in [0.4, 0.5) is 4.79 Å². The van der Waals surface area contributed by atoms with Crippen LogP contribution in [0.3, 0.4) is 0 Å². The van der Waals surface area contributed by atoms with E-state index < -0.39 is 6.04 Å². The number of aromatic nitrogens is 4. The Bertz CT molecular complexity index is 839. The van der Waals surface area contributed by atoms with Gasteiger partial charge in [0.05, 0.1) is 22.9 Å². The van der Waals surface area contributed by atoms with E-state index >= 15 is 0 Å². The number of urea groups is 1. The molecule has 1 atom stereocenters. The number of amides is 3. The first-order valence-corrected chi connectivity index (χ1v) is 10.4. The minimum Gasteiger partial charge on any atom is -0.325 e. The average molecular weight is 388 g/mol. The third-order valence-electron chi connectivity index (χ3n) is 5.20. The Morgan fingerprint density at radius 3 is 2.74 bits per heavy atom. The number of nitrogens with one attached hydrogen (secondary N) is 1. The molecule has 144 valence electrons. The number of hydrogen-bond acceptors (Lipinski definition) is 6. The smallest absolute Gasteiger partial charge is 0.325 e. The molecule has 2 aliphatic rings. The van der Waals surface area contributed by atoms with E-state index in [1.54, 1.807) is 16.0 Å². The van der Waals surface area contributed by atoms with Crippen LogP contribution in [0.25, 0.3) is 0 Å². The summed E-state index contributed by atoms with van der Waals surface area (Å²) in [6.45, 7) is 4.25. The van der Waals surface area contributed by atoms with Crippen molar-refractivity contribution in [2.24, 2.45) is 0 Å². The summed E-state index contributed by atoms with van der Waals surface area (Å²) in [6.07, 6.45) is 7.06. The number of carbonyl (C=O) groups excluding carboxylic acids is 2. The van der Waals surface area contributed by atoms with E-state index in [-0.39, 0.29) is 24.5 Å². The molecule has 0 aromatic carbocycles. The van der Waals surface area contributed by atoms with E-state index in [2.05, 4.69) is 20.6 Å². The Morgan fingerprint density at radius 1 is 1.26 bits per heavy atom. The zero-order valence-corrected chi connectivity index (χ0v) is 16.4. The number of carbonyl (C=O) groups is 2. The van der Waals surface area contributed by atoms with Gasteiger partial charge in [-0.05, 0) is 26.7 Å². The van der Waals surface area contributed by atoms with E-state index in [1.807, 2.05) is 25.4 Å². The molecule has 3 amide bonds. The van der Waals surface area contributed by atoms with Crippen LogP contribution < -0.4 is 5.32 Å². The second-order valence-corrected chi connectivity index (χ2v) is 8.46. The molecule has 1 saturated carbocycles. The van der Waals surface area contributed by atoms with Gasteiger partial charge in [-0.2, -0.15) is 0 Å². The lowest BCUT2D eigenvalue weighted by molar-refractivity contribution is -0.127. The molecule has 27 heavy (non-hydrogen) atoms. The number of imide groups is 1. The third kappa shape index (κ3) is 3.73. The van der Waals surface area contributed by atoms with Crippen LogP contribution in [0.5, 0.6) is 0 Å². The summed E-state index contributed by atoms with van der Waals surface area (Å²) in [5.41, 5.74) is 1.48. The topological polar surface area (TPSA) is 93.0 Å². The van der Waals surface area contributed by atoms with Gasteiger partial charge in [0, 0.05) is 30.0 Å². The standard InChI is InChI=1S/C18H24N6O2S/c1-11(2)24-9-13(21-22-24)7-15-17(25)23(18(26)20-15)8-14-10-27-16(19-14)12-5-3-4-6-12/h9-12,15H,3-8H2,1-2H3,(H,20,26)/t15-/m1/s1. The van der Waals surface area contributed by atoms with Gasteiger partial charge in [-0.1, -0.05) is 18.1 Å². The first-order chi connectivity index (χ1) is 13.0. The first kappa shape index (κ1) is 18.1. The van der Waals surface area contributed by atoms with Crippen molar-refractivity contribution in [1.29, 1.82) is 0 Å². The van der Waals surface area contributed by atoms with Crippen LogP contribution in [-0.2, 0) is 17.8 Å². The molecular weight excluding hydrogens is 364 g/mol. The Hall–Kier alpha value is -2.29. The van der Waals surface area contributed by atoms with Gasteiger partial charge in [0.2, 0.25) is 0 Å². The predicted octanol–water partition coefficient (Wildman–Crippen LogP) is 2.64. The van der Waals surface area contributed by atoms with E-state index in [0.29, 0.717) is 18.0 Å². The summed E-state index contributed by atoms with van der Waals surface area (Å²) in [7, 11) is 0. The Labute approximate surface area is 162 Å². The van der Waals surface area contributed by atoms with Crippen LogP contribution in [0.15, 0.2) is 11.6 Å². The third-order valence-corrected chi connectivity index (χ3v) is 6.26. The summed E-state index contributed by atoms with van der Waals surface area (Å²) in [6, 6.07) is -0.755. The molecule has 0 radical (unpaired) electrons. The van der Waals surface area contributed by atoms with Crippen LogP contribution >= 0.6 is 11.3 Å². The summed E-state index contributed by atoms with van der Waals surface area (Å²) in [5.74, 6) is 0.317. The second-order valence-electron chi connectivity index (χ2n) is 7.57. The fourth-order valence-electron chi connectivity index (χ4n) is 3.65. The normalized spacial score (nSPS) is 20.9. The largest absolute Gasteiger partial charge is 0.325 e. The van der Waals surface area contributed by atoms with Crippen LogP contribution in [0.2, 0.25) is 0 Å². The fourth-order valence-corrected chi connectivity index (χ4v) is 4.63. The maximum absolute atomic E-state index is 12.7. The summed E-state index contributed by atoms with van der Waals surface area (Å²) in [5, 5.41) is 14.0. The summed E-state index contributed by atoms with van der Waals surface area (Å²) in [4.78, 5) is 30.9. The molecule has 0 unspecified atom stereocenters. The highest BCUT2D eigenvalue weighted by molar-refractivity contribution is 7.09. The lowest BCUT2D eigenvalue weighted by Gasteiger charge is -2.11. The Morgan fingerprint density at radius 2 is 2.04 bits per heavy atom. The molecule has 2 fully saturated rings. The number of nitrogens with zero attached hydrogens (tertiary/aromatic N) is 5. The van der Waals surface area contributed by atoms with Gasteiger partial charge in [0.25, 0.3) is 5.91 Å². The minimum atomic E-state index is -0.595. The first-order valence-electron chi connectivity index (χ1n) is 9.48. The molecule has 4 rings (SSSR count). The van der Waals surface area contributed by atoms with Crippen LogP contribution in [-0.4, -0.2) is 42.9 Å². The van der Waals surface area contributed by atoms with Crippen molar-refractivity contribution in [1.82, 2.24) is 30.2 Å². The van der Waals surface area contributed by atoms with Gasteiger partial charge in [0.1, 0.15) is 6.04 Å². The predicted molar refractivity (Wildman–Crippen MR) is 100 cm³/mol. The van der Waals surface area contributed by atoms with Gasteiger partial charge in [-0.25, -0.2) is 14.5 Å². The molecule has 1 aliphatic carbocycles. The molecule has 2 aromatic heterocycles. The molecule has 1 aliphatic heterocycles. The highest BCUT2D eigenvalue weighted by Gasteiger charge is 2.38. The van der Waals surface area contributed by atoms with Gasteiger partial charge in [-0.15, -0.1) is 16.4 Å². The molecule has 0 bridgehead atoms. The van der Waals surface area contributed by atoms with E-state index in [1.165, 1.54) is 30.6 Å². The quantitative estimate of drug-likeness (QED) is 0.768. The highest BCUT2D eigenvalue weighted by atomic mass is 32.1. The Balaban J connectivity index is 1.40. The van der Waals surface area contributed by atoms with E-state index in [0.717, 1.165) is 10.7 Å². The van der Waals surface area contributed by atoms with Crippen molar-refractivity contribution in [3.63, 3.8) is 0 Å². The van der Waals surface area contributed by atoms with Crippen molar-refractivity contribution in [2.75, 3.05) is 0 Å². The van der Waals surface area contributed by atoms with Crippen molar-refractivity contribution in [3.8, 4) is 0 Å². The van der Waals surface area contributed by atoms with E-state index in [4.69, 9.17) is 0 Å². The average Bonchev–Trinajstić information content (AvgIpc) is 3.40. The van der Waals surface area contributed by atoms with Crippen molar-refractivity contribution in [3.05, 3.63) is 28.0 Å².